The monoisotopic (exact) mass is 374 g/mol. The smallest absolute Gasteiger partial charge is 0.223 e. The number of hydrogen-bond donors (Lipinski definition) is 0. The van der Waals surface area contributed by atoms with Crippen LogP contribution >= 0.6 is 11.6 Å². The van der Waals surface area contributed by atoms with E-state index in [1.165, 1.54) is 0 Å². The molecule has 2 heterocycles. The van der Waals surface area contributed by atoms with Gasteiger partial charge in [-0.05, 0) is 36.2 Å². The molecule has 6 heteroatoms. The van der Waals surface area contributed by atoms with E-state index in [0.29, 0.717) is 56.9 Å². The molecule has 1 aromatic carbocycles. The number of furan rings is 1. The third-order valence-electron chi connectivity index (χ3n) is 4.67. The number of carbonyl (C=O) groups excluding carboxylic acids is 2. The number of halogens is 1. The molecule has 0 spiro atoms. The molecule has 0 bridgehead atoms. The van der Waals surface area contributed by atoms with E-state index in [4.69, 9.17) is 16.0 Å². The highest BCUT2D eigenvalue weighted by Gasteiger charge is 2.23. The summed E-state index contributed by atoms with van der Waals surface area (Å²) in [6.45, 7) is 2.39. The summed E-state index contributed by atoms with van der Waals surface area (Å²) < 4.78 is 5.26. The molecule has 0 N–H and O–H groups in total. The fourth-order valence-electron chi connectivity index (χ4n) is 3.15. The normalized spacial score (nSPS) is 14.5. The lowest BCUT2D eigenvalue weighted by atomic mass is 10.1. The topological polar surface area (TPSA) is 53.8 Å². The fraction of sp³-hybridized carbons (Fsp3) is 0.400. The zero-order chi connectivity index (χ0) is 18.4. The second-order valence-corrected chi connectivity index (χ2v) is 6.91. The highest BCUT2D eigenvalue weighted by Crippen LogP contribution is 2.14. The van der Waals surface area contributed by atoms with Crippen LogP contribution < -0.4 is 0 Å². The summed E-state index contributed by atoms with van der Waals surface area (Å²) in [6, 6.07) is 11.3. The minimum absolute atomic E-state index is 0.118. The lowest BCUT2D eigenvalue weighted by Gasteiger charge is -2.35. The van der Waals surface area contributed by atoms with E-state index in [9.17, 15) is 9.59 Å². The van der Waals surface area contributed by atoms with Crippen molar-refractivity contribution in [2.24, 2.45) is 0 Å². The lowest BCUT2D eigenvalue weighted by molar-refractivity contribution is -0.139. The Morgan fingerprint density at radius 2 is 1.58 bits per heavy atom. The molecule has 5 nitrogen and oxygen atoms in total. The largest absolute Gasteiger partial charge is 0.469 e. The van der Waals surface area contributed by atoms with Crippen LogP contribution in [0.15, 0.2) is 47.1 Å². The van der Waals surface area contributed by atoms with Gasteiger partial charge in [0.15, 0.2) is 0 Å². The maximum absolute atomic E-state index is 12.4. The maximum Gasteiger partial charge on any atom is 0.223 e. The second-order valence-electron chi connectivity index (χ2n) is 6.47. The summed E-state index contributed by atoms with van der Waals surface area (Å²) in [5.74, 6) is 1.08. The second kappa shape index (κ2) is 8.90. The van der Waals surface area contributed by atoms with Crippen LogP contribution in [0.5, 0.6) is 0 Å². The van der Waals surface area contributed by atoms with Crippen LogP contribution in [0.1, 0.15) is 24.2 Å². The van der Waals surface area contributed by atoms with Gasteiger partial charge >= 0.3 is 0 Å². The van der Waals surface area contributed by atoms with E-state index in [1.54, 1.807) is 6.26 Å². The van der Waals surface area contributed by atoms with E-state index >= 15 is 0 Å². The molecule has 26 heavy (non-hydrogen) atoms. The molecule has 1 aliphatic heterocycles. The van der Waals surface area contributed by atoms with Gasteiger partial charge in [0.05, 0.1) is 6.26 Å². The number of nitrogens with zero attached hydrogens (tertiary/aromatic N) is 2. The van der Waals surface area contributed by atoms with Gasteiger partial charge in [-0.1, -0.05) is 23.7 Å². The molecule has 1 saturated heterocycles. The summed E-state index contributed by atoms with van der Waals surface area (Å²) in [5, 5.41) is 0.691. The van der Waals surface area contributed by atoms with Gasteiger partial charge in [0.25, 0.3) is 0 Å². The molecule has 0 radical (unpaired) electrons. The zero-order valence-corrected chi connectivity index (χ0v) is 15.5. The predicted octanol–water partition coefficient (Wildman–Crippen LogP) is 3.17. The third-order valence-corrected chi connectivity index (χ3v) is 4.90. The van der Waals surface area contributed by atoms with Crippen LogP contribution in [-0.2, 0) is 22.4 Å². The first-order valence-electron chi connectivity index (χ1n) is 8.94. The quantitative estimate of drug-likeness (QED) is 0.780. The fourth-order valence-corrected chi connectivity index (χ4v) is 3.36. The summed E-state index contributed by atoms with van der Waals surface area (Å²) in [6.07, 6.45) is 3.82. The molecule has 2 amide bonds. The van der Waals surface area contributed by atoms with Crippen LogP contribution in [0, 0.1) is 0 Å². The molecule has 0 atom stereocenters. The van der Waals surface area contributed by atoms with Crippen LogP contribution in [0.25, 0.3) is 0 Å². The summed E-state index contributed by atoms with van der Waals surface area (Å²) >= 11 is 5.97. The number of hydrogen-bond acceptors (Lipinski definition) is 3. The van der Waals surface area contributed by atoms with Crippen molar-refractivity contribution in [1.82, 2.24) is 9.80 Å². The minimum Gasteiger partial charge on any atom is -0.469 e. The number of rotatable bonds is 6. The molecule has 1 fully saturated rings. The van der Waals surface area contributed by atoms with Crippen LogP contribution in [0.3, 0.4) is 0 Å². The molecule has 0 aliphatic carbocycles. The van der Waals surface area contributed by atoms with Gasteiger partial charge in [0.1, 0.15) is 5.76 Å². The number of carbonyl (C=O) groups is 2. The van der Waals surface area contributed by atoms with Crippen LogP contribution in [0.2, 0.25) is 5.02 Å². The SMILES string of the molecule is O=C(CCc1cccc(Cl)c1)N1CCN(C(=O)CCc2ccco2)CC1. The minimum atomic E-state index is 0.118. The van der Waals surface area contributed by atoms with Crippen LogP contribution in [0.4, 0.5) is 0 Å². The van der Waals surface area contributed by atoms with E-state index in [1.807, 2.05) is 46.2 Å². The Morgan fingerprint density at radius 1 is 0.923 bits per heavy atom. The maximum atomic E-state index is 12.4. The third kappa shape index (κ3) is 5.11. The molecule has 1 aromatic heterocycles. The van der Waals surface area contributed by atoms with Crippen molar-refractivity contribution >= 4 is 23.4 Å². The molecule has 0 saturated carbocycles. The van der Waals surface area contributed by atoms with Crippen molar-refractivity contribution in [2.45, 2.75) is 25.7 Å². The van der Waals surface area contributed by atoms with E-state index < -0.39 is 0 Å². The standard InChI is InChI=1S/C20H23ClN2O3/c21-17-4-1-3-16(15-17)6-8-19(24)22-10-12-23(13-11-22)20(25)9-7-18-5-2-14-26-18/h1-5,14-15H,6-13H2. The number of amides is 2. The first-order valence-corrected chi connectivity index (χ1v) is 9.32. The Bertz CT molecular complexity index is 737. The van der Waals surface area contributed by atoms with E-state index in [-0.39, 0.29) is 11.8 Å². The Hall–Kier alpha value is -2.27. The number of piperazine rings is 1. The van der Waals surface area contributed by atoms with Crippen molar-refractivity contribution in [2.75, 3.05) is 26.2 Å². The van der Waals surface area contributed by atoms with Gasteiger partial charge < -0.3 is 14.2 Å². The van der Waals surface area contributed by atoms with Gasteiger partial charge in [-0.15, -0.1) is 0 Å². The summed E-state index contributed by atoms with van der Waals surface area (Å²) in [7, 11) is 0. The Kier molecular flexibility index (Phi) is 6.34. The average molecular weight is 375 g/mol. The van der Waals surface area contributed by atoms with Crippen molar-refractivity contribution in [1.29, 1.82) is 0 Å². The van der Waals surface area contributed by atoms with Gasteiger partial charge in [-0.2, -0.15) is 0 Å². The number of benzene rings is 1. The van der Waals surface area contributed by atoms with Gasteiger partial charge in [0.2, 0.25) is 11.8 Å². The van der Waals surface area contributed by atoms with Gasteiger partial charge in [-0.3, -0.25) is 9.59 Å². The highest BCUT2D eigenvalue weighted by atomic mass is 35.5. The van der Waals surface area contributed by atoms with Gasteiger partial charge in [-0.25, -0.2) is 0 Å². The van der Waals surface area contributed by atoms with Crippen molar-refractivity contribution in [3.05, 3.63) is 59.0 Å². The first kappa shape index (κ1) is 18.5. The summed E-state index contributed by atoms with van der Waals surface area (Å²) in [4.78, 5) is 28.4. The van der Waals surface area contributed by atoms with E-state index in [2.05, 4.69) is 0 Å². The van der Waals surface area contributed by atoms with Crippen molar-refractivity contribution in [3.8, 4) is 0 Å². The highest BCUT2D eigenvalue weighted by molar-refractivity contribution is 6.30. The Labute approximate surface area is 158 Å². The summed E-state index contributed by atoms with van der Waals surface area (Å²) in [5.41, 5.74) is 1.07. The van der Waals surface area contributed by atoms with Gasteiger partial charge in [0, 0.05) is 50.5 Å². The predicted molar refractivity (Wildman–Crippen MR) is 100.0 cm³/mol. The lowest BCUT2D eigenvalue weighted by Crippen LogP contribution is -2.50. The zero-order valence-electron chi connectivity index (χ0n) is 14.7. The van der Waals surface area contributed by atoms with Crippen molar-refractivity contribution < 1.29 is 14.0 Å². The molecular formula is C20H23ClN2O3. The average Bonchev–Trinajstić information content (AvgIpc) is 3.18. The Balaban J connectivity index is 1.39. The molecular weight excluding hydrogens is 352 g/mol. The Morgan fingerprint density at radius 3 is 2.15 bits per heavy atom. The first-order chi connectivity index (χ1) is 12.6. The van der Waals surface area contributed by atoms with Crippen molar-refractivity contribution in [3.63, 3.8) is 0 Å². The molecule has 1 aliphatic rings. The molecule has 138 valence electrons. The molecule has 2 aromatic rings. The number of aryl methyl sites for hydroxylation is 2. The van der Waals surface area contributed by atoms with E-state index in [0.717, 1.165) is 11.3 Å². The molecule has 0 unspecified atom stereocenters. The van der Waals surface area contributed by atoms with Crippen LogP contribution in [-0.4, -0.2) is 47.8 Å². The molecule has 3 rings (SSSR count).